The number of nitrogens with zero attached hydrogens (tertiary/aromatic N) is 2. The molecule has 0 amide bonds. The molecule has 0 aliphatic carbocycles. The van der Waals surface area contributed by atoms with Gasteiger partial charge in [-0.3, -0.25) is 0 Å². The summed E-state index contributed by atoms with van der Waals surface area (Å²) in [4.78, 5) is 11.4. The zero-order valence-electron chi connectivity index (χ0n) is 11.7. The van der Waals surface area contributed by atoms with Crippen molar-refractivity contribution in [1.29, 1.82) is 0 Å². The van der Waals surface area contributed by atoms with Gasteiger partial charge in [0.25, 0.3) is 0 Å². The maximum atomic E-state index is 12.5. The molecule has 0 saturated carbocycles. The molecule has 0 unspecified atom stereocenters. The van der Waals surface area contributed by atoms with Crippen molar-refractivity contribution >= 4 is 11.7 Å². The third-order valence-corrected chi connectivity index (χ3v) is 2.30. The number of allylic oxidation sites excluding steroid dienone is 1. The highest BCUT2D eigenvalue weighted by Gasteiger charge is 2.39. The van der Waals surface area contributed by atoms with Crippen LogP contribution in [0.5, 0.6) is 5.75 Å². The van der Waals surface area contributed by atoms with Crippen molar-refractivity contribution in [1.82, 2.24) is 0 Å². The van der Waals surface area contributed by atoms with Crippen molar-refractivity contribution in [2.45, 2.75) is 13.1 Å². The van der Waals surface area contributed by atoms with Crippen molar-refractivity contribution in [2.24, 2.45) is 10.2 Å². The second kappa shape index (κ2) is 7.43. The molecule has 0 aliphatic heterocycles. The molecule has 22 heavy (non-hydrogen) atoms. The summed E-state index contributed by atoms with van der Waals surface area (Å²) in [5.41, 5.74) is -1.15. The summed E-state index contributed by atoms with van der Waals surface area (Å²) >= 11 is 0. The molecule has 0 bridgehead atoms. The second-order valence-electron chi connectivity index (χ2n) is 3.81. The number of halogens is 3. The van der Waals surface area contributed by atoms with Crippen LogP contribution in [0.3, 0.4) is 0 Å². The number of hydrogen-bond donors (Lipinski definition) is 1. The van der Waals surface area contributed by atoms with Crippen molar-refractivity contribution in [2.75, 3.05) is 13.7 Å². The molecule has 0 atom stereocenters. The van der Waals surface area contributed by atoms with Gasteiger partial charge in [0.05, 0.1) is 19.4 Å². The van der Waals surface area contributed by atoms with Gasteiger partial charge in [-0.2, -0.15) is 18.3 Å². The average molecular weight is 318 g/mol. The van der Waals surface area contributed by atoms with Crippen LogP contribution in [0.4, 0.5) is 18.9 Å². The zero-order chi connectivity index (χ0) is 16.8. The number of ether oxygens (including phenoxy) is 2. The molecular formula is C13H13F3N2O4. The first-order chi connectivity index (χ1) is 10.3. The van der Waals surface area contributed by atoms with Gasteiger partial charge in [-0.25, -0.2) is 4.79 Å². The Labute approximate surface area is 123 Å². The normalized spacial score (nSPS) is 13.0. The predicted molar refractivity (Wildman–Crippen MR) is 69.9 cm³/mol. The highest BCUT2D eigenvalue weighted by Crippen LogP contribution is 2.28. The molecule has 1 aromatic carbocycles. The number of rotatable bonds is 5. The van der Waals surface area contributed by atoms with Gasteiger partial charge in [0.2, 0.25) is 11.5 Å². The van der Waals surface area contributed by atoms with Crippen molar-refractivity contribution in [3.63, 3.8) is 0 Å². The molecule has 0 saturated heterocycles. The number of aliphatic hydroxyl groups excluding tert-OH is 1. The van der Waals surface area contributed by atoms with E-state index in [1.807, 2.05) is 0 Å². The molecule has 9 heteroatoms. The van der Waals surface area contributed by atoms with E-state index in [2.05, 4.69) is 15.0 Å². The van der Waals surface area contributed by atoms with Gasteiger partial charge in [0.15, 0.2) is 0 Å². The Bertz CT molecular complexity index is 580. The minimum absolute atomic E-state index is 0.164. The molecule has 0 spiro atoms. The lowest BCUT2D eigenvalue weighted by Gasteiger charge is -2.08. The number of hydrogen-bond acceptors (Lipinski definition) is 6. The van der Waals surface area contributed by atoms with E-state index in [1.54, 1.807) is 0 Å². The number of esters is 1. The van der Waals surface area contributed by atoms with Gasteiger partial charge < -0.3 is 14.6 Å². The third kappa shape index (κ3) is 4.76. The first-order valence-electron chi connectivity index (χ1n) is 6.03. The number of carbonyl (C=O) groups excluding carboxylic acids is 1. The van der Waals surface area contributed by atoms with E-state index in [4.69, 9.17) is 9.84 Å². The first kappa shape index (κ1) is 17.5. The number of benzene rings is 1. The SMILES string of the molecule is CCOC(=O)/C(N=Nc1ccc(OC)cc1)=C(/O)C(F)(F)F. The maximum absolute atomic E-state index is 12.5. The van der Waals surface area contributed by atoms with Crippen LogP contribution in [-0.4, -0.2) is 31.0 Å². The van der Waals surface area contributed by atoms with Crippen LogP contribution in [0, 0.1) is 0 Å². The third-order valence-electron chi connectivity index (χ3n) is 2.30. The molecule has 0 radical (unpaired) electrons. The first-order valence-corrected chi connectivity index (χ1v) is 6.03. The van der Waals surface area contributed by atoms with E-state index in [0.717, 1.165) is 0 Å². The molecule has 0 fully saturated rings. The molecular weight excluding hydrogens is 305 g/mol. The summed E-state index contributed by atoms with van der Waals surface area (Å²) in [5, 5.41) is 15.7. The number of aliphatic hydroxyl groups is 1. The fourth-order valence-electron chi connectivity index (χ4n) is 1.28. The minimum Gasteiger partial charge on any atom is -0.502 e. The highest BCUT2D eigenvalue weighted by molar-refractivity contribution is 5.88. The monoisotopic (exact) mass is 318 g/mol. The molecule has 1 aromatic rings. The van der Waals surface area contributed by atoms with Crippen LogP contribution in [0.1, 0.15) is 6.92 Å². The molecule has 1 rings (SSSR count). The van der Waals surface area contributed by atoms with Gasteiger partial charge in [-0.05, 0) is 31.2 Å². The number of alkyl halides is 3. The van der Waals surface area contributed by atoms with Crippen LogP contribution in [0.25, 0.3) is 0 Å². The van der Waals surface area contributed by atoms with E-state index in [9.17, 15) is 18.0 Å². The molecule has 6 nitrogen and oxygen atoms in total. The largest absolute Gasteiger partial charge is 0.502 e. The van der Waals surface area contributed by atoms with E-state index in [1.165, 1.54) is 38.3 Å². The molecule has 0 aliphatic rings. The standard InChI is InChI=1S/C13H13F3N2O4/c1-3-22-12(20)10(11(19)13(14,15)16)18-17-8-4-6-9(21-2)7-5-8/h4-7,19H,3H2,1-2H3/b11-10-,18-17?. The summed E-state index contributed by atoms with van der Waals surface area (Å²) in [7, 11) is 1.44. The van der Waals surface area contributed by atoms with Crippen molar-refractivity contribution < 1.29 is 32.5 Å². The van der Waals surface area contributed by atoms with Crippen LogP contribution < -0.4 is 4.74 Å². The number of azo groups is 1. The molecule has 1 N–H and O–H groups in total. The summed E-state index contributed by atoms with van der Waals surface area (Å²) in [6, 6.07) is 5.84. The van der Waals surface area contributed by atoms with Gasteiger partial charge in [-0.1, -0.05) is 0 Å². The van der Waals surface area contributed by atoms with E-state index < -0.39 is 23.6 Å². The van der Waals surface area contributed by atoms with E-state index >= 15 is 0 Å². The van der Waals surface area contributed by atoms with Crippen LogP contribution >= 0.6 is 0 Å². The maximum Gasteiger partial charge on any atom is 0.451 e. The zero-order valence-corrected chi connectivity index (χ0v) is 11.7. The fourth-order valence-corrected chi connectivity index (χ4v) is 1.28. The smallest absolute Gasteiger partial charge is 0.451 e. The average Bonchev–Trinajstić information content (AvgIpc) is 2.47. The number of carbonyl (C=O) groups is 1. The Morgan fingerprint density at radius 2 is 1.86 bits per heavy atom. The Kier molecular flexibility index (Phi) is 5.90. The predicted octanol–water partition coefficient (Wildman–Crippen LogP) is 3.67. The Hall–Kier alpha value is -2.58. The molecule has 0 aromatic heterocycles. The van der Waals surface area contributed by atoms with Gasteiger partial charge >= 0.3 is 12.1 Å². The fraction of sp³-hybridized carbons (Fsp3) is 0.308. The Morgan fingerprint density at radius 3 is 2.32 bits per heavy atom. The lowest BCUT2D eigenvalue weighted by atomic mass is 10.3. The van der Waals surface area contributed by atoms with Crippen LogP contribution in [0.15, 0.2) is 46.0 Å². The molecule has 120 valence electrons. The number of methoxy groups -OCH3 is 1. The van der Waals surface area contributed by atoms with E-state index in [0.29, 0.717) is 5.75 Å². The summed E-state index contributed by atoms with van der Waals surface area (Å²) in [6.07, 6.45) is -5.14. The quantitative estimate of drug-likeness (QED) is 0.389. The van der Waals surface area contributed by atoms with Crippen LogP contribution in [-0.2, 0) is 9.53 Å². The van der Waals surface area contributed by atoms with Crippen LogP contribution in [0.2, 0.25) is 0 Å². The van der Waals surface area contributed by atoms with Gasteiger partial charge in [-0.15, -0.1) is 5.11 Å². The lowest BCUT2D eigenvalue weighted by Crippen LogP contribution is -2.18. The summed E-state index contributed by atoms with van der Waals surface area (Å²) in [6.45, 7) is 1.23. The molecule has 0 heterocycles. The minimum atomic E-state index is -5.14. The Balaban J connectivity index is 3.12. The van der Waals surface area contributed by atoms with Gasteiger partial charge in [0, 0.05) is 0 Å². The Morgan fingerprint density at radius 1 is 1.27 bits per heavy atom. The lowest BCUT2D eigenvalue weighted by molar-refractivity contribution is -0.143. The summed E-state index contributed by atoms with van der Waals surface area (Å²) < 4.78 is 46.8. The van der Waals surface area contributed by atoms with E-state index in [-0.39, 0.29) is 12.3 Å². The summed E-state index contributed by atoms with van der Waals surface area (Å²) in [5.74, 6) is -3.07. The van der Waals surface area contributed by atoms with Crippen molar-refractivity contribution in [3.8, 4) is 5.75 Å². The van der Waals surface area contributed by atoms with Crippen molar-refractivity contribution in [3.05, 3.63) is 35.7 Å². The van der Waals surface area contributed by atoms with Gasteiger partial charge in [0.1, 0.15) is 5.75 Å². The second-order valence-corrected chi connectivity index (χ2v) is 3.81. The highest BCUT2D eigenvalue weighted by atomic mass is 19.4. The topological polar surface area (TPSA) is 80.5 Å².